The minimum absolute atomic E-state index is 0.164. The summed E-state index contributed by atoms with van der Waals surface area (Å²) in [6.07, 6.45) is 5.02. The highest BCUT2D eigenvalue weighted by molar-refractivity contribution is 6.02. The minimum Gasteiger partial charge on any atom is -0.340 e. The number of hydrogen-bond donors (Lipinski definition) is 1. The van der Waals surface area contributed by atoms with Crippen molar-refractivity contribution in [3.05, 3.63) is 0 Å². The highest BCUT2D eigenvalue weighted by atomic mass is 16.2. The Bertz CT molecular complexity index is 481. The van der Waals surface area contributed by atoms with Crippen molar-refractivity contribution in [1.29, 1.82) is 5.26 Å². The van der Waals surface area contributed by atoms with Crippen molar-refractivity contribution in [3.8, 4) is 6.07 Å². The number of nitrogens with one attached hydrogen (secondary N) is 1. The quantitative estimate of drug-likeness (QED) is 0.707. The van der Waals surface area contributed by atoms with Gasteiger partial charge in [0.2, 0.25) is 11.9 Å². The number of guanidine groups is 1. The molecule has 3 aliphatic rings. The summed E-state index contributed by atoms with van der Waals surface area (Å²) in [6, 6.07) is 2.20. The van der Waals surface area contributed by atoms with Gasteiger partial charge in [0.25, 0.3) is 0 Å². The standard InChI is InChI=1S/C15H23N5O/c1-19-7-9-20(10-8-19)14-17-13(21)12(11-16)15(18-14)5-3-2-4-6-15/h12H,2-10H2,1H3,(H,17,18,21). The zero-order valence-corrected chi connectivity index (χ0v) is 12.6. The molecule has 0 aromatic heterocycles. The third-order valence-electron chi connectivity index (χ3n) is 5.01. The monoisotopic (exact) mass is 289 g/mol. The van der Waals surface area contributed by atoms with Crippen molar-refractivity contribution in [2.75, 3.05) is 33.2 Å². The highest BCUT2D eigenvalue weighted by Crippen LogP contribution is 2.39. The lowest BCUT2D eigenvalue weighted by atomic mass is 9.72. The first-order chi connectivity index (χ1) is 10.1. The fourth-order valence-corrected chi connectivity index (χ4v) is 3.64. The summed E-state index contributed by atoms with van der Waals surface area (Å²) in [5, 5.41) is 12.3. The van der Waals surface area contributed by atoms with Crippen LogP contribution in [0.3, 0.4) is 0 Å². The van der Waals surface area contributed by atoms with E-state index in [9.17, 15) is 10.1 Å². The molecule has 21 heavy (non-hydrogen) atoms. The average Bonchev–Trinajstić information content (AvgIpc) is 2.48. The summed E-state index contributed by atoms with van der Waals surface area (Å²) in [7, 11) is 2.10. The molecule has 6 heteroatoms. The van der Waals surface area contributed by atoms with Gasteiger partial charge in [-0.2, -0.15) is 5.26 Å². The molecule has 1 atom stereocenters. The van der Waals surface area contributed by atoms with E-state index in [1.54, 1.807) is 0 Å². The molecule has 0 bridgehead atoms. The molecular formula is C15H23N5O. The van der Waals surface area contributed by atoms with Crippen LogP contribution in [0.4, 0.5) is 0 Å². The fraction of sp³-hybridized carbons (Fsp3) is 0.800. The minimum atomic E-state index is -0.631. The van der Waals surface area contributed by atoms with E-state index in [0.29, 0.717) is 5.96 Å². The van der Waals surface area contributed by atoms with Gasteiger partial charge in [-0.1, -0.05) is 19.3 Å². The van der Waals surface area contributed by atoms with Crippen LogP contribution in [-0.4, -0.2) is 60.4 Å². The molecule has 0 aromatic carbocycles. The maximum atomic E-state index is 12.4. The topological polar surface area (TPSA) is 71.7 Å². The molecule has 2 heterocycles. The molecule has 1 N–H and O–H groups in total. The number of amides is 1. The van der Waals surface area contributed by atoms with Crippen LogP contribution in [-0.2, 0) is 4.79 Å². The molecule has 2 fully saturated rings. The predicted molar refractivity (Wildman–Crippen MR) is 79.6 cm³/mol. The van der Waals surface area contributed by atoms with E-state index >= 15 is 0 Å². The lowest BCUT2D eigenvalue weighted by Gasteiger charge is -2.43. The second-order valence-electron chi connectivity index (χ2n) is 6.44. The number of hydrogen-bond acceptors (Lipinski definition) is 5. The van der Waals surface area contributed by atoms with Crippen molar-refractivity contribution in [2.24, 2.45) is 10.9 Å². The number of nitriles is 1. The molecule has 0 radical (unpaired) electrons. The first-order valence-electron chi connectivity index (χ1n) is 7.88. The summed E-state index contributed by atoms with van der Waals surface area (Å²) < 4.78 is 0. The van der Waals surface area contributed by atoms with Crippen molar-refractivity contribution >= 4 is 11.9 Å². The SMILES string of the molecule is CN1CCN(C2=NC3(CCCCC3)C(C#N)C(=O)N2)CC1. The Balaban J connectivity index is 1.87. The number of carbonyl (C=O) groups excluding carboxylic acids is 1. The summed E-state index contributed by atoms with van der Waals surface area (Å²) in [4.78, 5) is 21.7. The van der Waals surface area contributed by atoms with E-state index in [0.717, 1.165) is 51.9 Å². The number of nitrogens with zero attached hydrogens (tertiary/aromatic N) is 4. The molecule has 3 rings (SSSR count). The Hall–Kier alpha value is -1.61. The van der Waals surface area contributed by atoms with Gasteiger partial charge in [-0.3, -0.25) is 10.1 Å². The van der Waals surface area contributed by atoms with Gasteiger partial charge in [-0.25, -0.2) is 4.99 Å². The Morgan fingerprint density at radius 2 is 1.90 bits per heavy atom. The van der Waals surface area contributed by atoms with Crippen LogP contribution in [0.25, 0.3) is 0 Å². The van der Waals surface area contributed by atoms with Crippen molar-refractivity contribution in [3.63, 3.8) is 0 Å². The van der Waals surface area contributed by atoms with Gasteiger partial charge in [0.05, 0.1) is 11.6 Å². The first-order valence-corrected chi connectivity index (χ1v) is 7.88. The molecule has 1 amide bonds. The number of likely N-dealkylation sites (N-methyl/N-ethyl adjacent to an activating group) is 1. The van der Waals surface area contributed by atoms with Gasteiger partial charge in [0.15, 0.2) is 5.92 Å². The molecule has 6 nitrogen and oxygen atoms in total. The highest BCUT2D eigenvalue weighted by Gasteiger charge is 2.48. The average molecular weight is 289 g/mol. The molecule has 0 aromatic rings. The van der Waals surface area contributed by atoms with E-state index < -0.39 is 11.5 Å². The van der Waals surface area contributed by atoms with Gasteiger partial charge in [-0.15, -0.1) is 0 Å². The van der Waals surface area contributed by atoms with Gasteiger partial charge in [0.1, 0.15) is 0 Å². The Morgan fingerprint density at radius 3 is 2.52 bits per heavy atom. The van der Waals surface area contributed by atoms with Crippen molar-refractivity contribution in [1.82, 2.24) is 15.1 Å². The van der Waals surface area contributed by atoms with Crippen LogP contribution in [0.2, 0.25) is 0 Å². The van der Waals surface area contributed by atoms with Crippen molar-refractivity contribution in [2.45, 2.75) is 37.6 Å². The van der Waals surface area contributed by atoms with Gasteiger partial charge in [0, 0.05) is 26.2 Å². The molecule has 1 spiro atoms. The summed E-state index contributed by atoms with van der Waals surface area (Å²) >= 11 is 0. The first kappa shape index (κ1) is 14.3. The summed E-state index contributed by atoms with van der Waals surface area (Å²) in [5.41, 5.74) is -0.478. The maximum Gasteiger partial charge on any atom is 0.246 e. The number of carbonyl (C=O) groups is 1. The zero-order valence-electron chi connectivity index (χ0n) is 12.6. The third-order valence-corrected chi connectivity index (χ3v) is 5.01. The normalized spacial score (nSPS) is 29.7. The molecular weight excluding hydrogens is 266 g/mol. The van der Waals surface area contributed by atoms with Crippen LogP contribution in [0.15, 0.2) is 4.99 Å². The van der Waals surface area contributed by atoms with E-state index in [4.69, 9.17) is 4.99 Å². The zero-order chi connectivity index (χ0) is 14.9. The van der Waals surface area contributed by atoms with Gasteiger partial charge in [-0.05, 0) is 19.9 Å². The van der Waals surface area contributed by atoms with E-state index in [1.165, 1.54) is 6.42 Å². The number of rotatable bonds is 0. The van der Waals surface area contributed by atoms with Crippen LogP contribution in [0.1, 0.15) is 32.1 Å². The van der Waals surface area contributed by atoms with Crippen molar-refractivity contribution < 1.29 is 4.79 Å². The van der Waals surface area contributed by atoms with Crippen LogP contribution >= 0.6 is 0 Å². The summed E-state index contributed by atoms with van der Waals surface area (Å²) in [6.45, 7) is 3.71. The van der Waals surface area contributed by atoms with Crippen LogP contribution in [0.5, 0.6) is 0 Å². The fourth-order valence-electron chi connectivity index (χ4n) is 3.64. The molecule has 1 saturated carbocycles. The van der Waals surface area contributed by atoms with Crippen LogP contribution in [0, 0.1) is 17.2 Å². The molecule has 2 aliphatic heterocycles. The molecule has 1 saturated heterocycles. The third kappa shape index (κ3) is 2.62. The largest absolute Gasteiger partial charge is 0.340 e. The molecule has 1 unspecified atom stereocenters. The second-order valence-corrected chi connectivity index (χ2v) is 6.44. The Morgan fingerprint density at radius 1 is 1.24 bits per heavy atom. The Labute approximate surface area is 125 Å². The molecule has 114 valence electrons. The van der Waals surface area contributed by atoms with E-state index in [2.05, 4.69) is 28.2 Å². The lowest BCUT2D eigenvalue weighted by Crippen LogP contribution is -2.60. The second kappa shape index (κ2) is 5.64. The Kier molecular flexibility index (Phi) is 3.85. The smallest absolute Gasteiger partial charge is 0.246 e. The lowest BCUT2D eigenvalue weighted by molar-refractivity contribution is -0.125. The van der Waals surface area contributed by atoms with E-state index in [1.807, 2.05) is 0 Å². The molecule has 1 aliphatic carbocycles. The van der Waals surface area contributed by atoms with E-state index in [-0.39, 0.29) is 5.91 Å². The summed E-state index contributed by atoms with van der Waals surface area (Å²) in [5.74, 6) is -0.0983. The number of aliphatic imine (C=N–C) groups is 1. The number of piperazine rings is 1. The van der Waals surface area contributed by atoms with Gasteiger partial charge < -0.3 is 9.80 Å². The predicted octanol–water partition coefficient (Wildman–Crippen LogP) is 0.562. The van der Waals surface area contributed by atoms with Gasteiger partial charge >= 0.3 is 0 Å². The van der Waals surface area contributed by atoms with Crippen LogP contribution < -0.4 is 5.32 Å². The maximum absolute atomic E-state index is 12.4.